The molecule has 0 saturated carbocycles. The smallest absolute Gasteiger partial charge is 0.260 e. The molecule has 0 aliphatic rings. The summed E-state index contributed by atoms with van der Waals surface area (Å²) in [4.78, 5) is 24.7. The Morgan fingerprint density at radius 1 is 1.08 bits per heavy atom. The van der Waals surface area contributed by atoms with Gasteiger partial charge < -0.3 is 4.98 Å². The van der Waals surface area contributed by atoms with Gasteiger partial charge in [-0.05, 0) is 29.8 Å². The summed E-state index contributed by atoms with van der Waals surface area (Å²) in [7, 11) is 0. The number of nitrogens with zero attached hydrogens (tertiary/aromatic N) is 2. The van der Waals surface area contributed by atoms with Gasteiger partial charge in [-0.1, -0.05) is 29.3 Å². The zero-order chi connectivity index (χ0) is 16.7. The number of halogens is 2. The first-order chi connectivity index (χ1) is 11.6. The van der Waals surface area contributed by atoms with Crippen molar-refractivity contribution in [2.24, 2.45) is 0 Å². The molecule has 1 N–H and O–H groups in total. The molecule has 3 aromatic heterocycles. The summed E-state index contributed by atoms with van der Waals surface area (Å²) in [6.45, 7) is 0. The van der Waals surface area contributed by atoms with Gasteiger partial charge in [0.15, 0.2) is 0 Å². The lowest BCUT2D eigenvalue weighted by molar-refractivity contribution is 1.17. The molecule has 4 nitrogen and oxygen atoms in total. The van der Waals surface area contributed by atoms with E-state index in [-0.39, 0.29) is 5.56 Å². The van der Waals surface area contributed by atoms with E-state index >= 15 is 0 Å². The summed E-state index contributed by atoms with van der Waals surface area (Å²) in [6, 6.07) is 8.96. The number of aromatic amines is 1. The lowest BCUT2D eigenvalue weighted by Crippen LogP contribution is -2.09. The van der Waals surface area contributed by atoms with Crippen molar-refractivity contribution in [1.82, 2.24) is 15.0 Å². The standard InChI is InChI=1S/C17H9Cl2N3OS/c18-12-4-3-9(6-13(12)19)11-8-24-17-14(11)16(23)21-15(22-17)10-2-1-5-20-7-10/h1-8H,(H,21,22,23). The van der Waals surface area contributed by atoms with E-state index in [1.165, 1.54) is 11.3 Å². The zero-order valence-electron chi connectivity index (χ0n) is 12.1. The molecule has 0 bridgehead atoms. The van der Waals surface area contributed by atoms with E-state index < -0.39 is 0 Å². The molecule has 3 heterocycles. The van der Waals surface area contributed by atoms with Crippen LogP contribution < -0.4 is 5.56 Å². The maximum absolute atomic E-state index is 12.6. The lowest BCUT2D eigenvalue weighted by atomic mass is 10.1. The van der Waals surface area contributed by atoms with Crippen LogP contribution in [-0.4, -0.2) is 15.0 Å². The summed E-state index contributed by atoms with van der Waals surface area (Å²) in [5.74, 6) is 0.503. The van der Waals surface area contributed by atoms with Gasteiger partial charge in [-0.3, -0.25) is 9.78 Å². The van der Waals surface area contributed by atoms with Crippen LogP contribution in [0.5, 0.6) is 0 Å². The SMILES string of the molecule is O=c1[nH]c(-c2cccnc2)nc2scc(-c3ccc(Cl)c(Cl)c3)c12. The molecule has 0 fully saturated rings. The van der Waals surface area contributed by atoms with Gasteiger partial charge in [0.1, 0.15) is 10.7 Å². The molecule has 0 spiro atoms. The highest BCUT2D eigenvalue weighted by molar-refractivity contribution is 7.17. The first-order valence-corrected chi connectivity index (χ1v) is 8.64. The first kappa shape index (κ1) is 15.3. The molecular weight excluding hydrogens is 365 g/mol. The van der Waals surface area contributed by atoms with Crippen LogP contribution in [0, 0.1) is 0 Å². The molecule has 4 rings (SSSR count). The van der Waals surface area contributed by atoms with Gasteiger partial charge >= 0.3 is 0 Å². The van der Waals surface area contributed by atoms with Gasteiger partial charge in [-0.15, -0.1) is 11.3 Å². The number of nitrogens with one attached hydrogen (secondary N) is 1. The van der Waals surface area contributed by atoms with Gasteiger partial charge in [-0.2, -0.15) is 0 Å². The minimum absolute atomic E-state index is 0.193. The van der Waals surface area contributed by atoms with E-state index in [1.54, 1.807) is 30.6 Å². The van der Waals surface area contributed by atoms with Gasteiger partial charge in [0.25, 0.3) is 5.56 Å². The molecule has 118 valence electrons. The molecule has 0 radical (unpaired) electrons. The molecule has 1 aromatic carbocycles. The minimum atomic E-state index is -0.193. The number of fused-ring (bicyclic) bond motifs is 1. The number of rotatable bonds is 2. The zero-order valence-corrected chi connectivity index (χ0v) is 14.4. The van der Waals surface area contributed by atoms with Crippen LogP contribution in [0.1, 0.15) is 0 Å². The van der Waals surface area contributed by atoms with Crippen molar-refractivity contribution in [3.8, 4) is 22.5 Å². The normalized spacial score (nSPS) is 11.1. The van der Waals surface area contributed by atoms with Crippen molar-refractivity contribution >= 4 is 44.8 Å². The fourth-order valence-corrected chi connectivity index (χ4v) is 3.71. The Balaban J connectivity index is 1.91. The second-order valence-corrected chi connectivity index (χ2v) is 6.79. The third-order valence-electron chi connectivity index (χ3n) is 3.61. The van der Waals surface area contributed by atoms with E-state index in [2.05, 4.69) is 15.0 Å². The van der Waals surface area contributed by atoms with Crippen LogP contribution in [0.25, 0.3) is 32.7 Å². The average Bonchev–Trinajstić information content (AvgIpc) is 3.03. The van der Waals surface area contributed by atoms with Gasteiger partial charge in [0.2, 0.25) is 0 Å². The fourth-order valence-electron chi connectivity index (χ4n) is 2.46. The number of H-pyrrole nitrogens is 1. The topological polar surface area (TPSA) is 58.6 Å². The van der Waals surface area contributed by atoms with Gasteiger partial charge in [-0.25, -0.2) is 4.98 Å². The van der Waals surface area contributed by atoms with E-state index in [0.29, 0.717) is 26.1 Å². The quantitative estimate of drug-likeness (QED) is 0.536. The van der Waals surface area contributed by atoms with E-state index in [0.717, 1.165) is 16.7 Å². The maximum atomic E-state index is 12.6. The highest BCUT2D eigenvalue weighted by atomic mass is 35.5. The second-order valence-electron chi connectivity index (χ2n) is 5.11. The van der Waals surface area contributed by atoms with E-state index in [4.69, 9.17) is 23.2 Å². The van der Waals surface area contributed by atoms with Crippen LogP contribution >= 0.6 is 34.5 Å². The summed E-state index contributed by atoms with van der Waals surface area (Å²) in [5.41, 5.74) is 2.19. The van der Waals surface area contributed by atoms with Crippen LogP contribution in [0.15, 0.2) is 52.9 Å². The third kappa shape index (κ3) is 2.60. The monoisotopic (exact) mass is 373 g/mol. The third-order valence-corrected chi connectivity index (χ3v) is 5.22. The molecule has 4 aromatic rings. The Labute approximate surface area is 150 Å². The predicted molar refractivity (Wildman–Crippen MR) is 98.9 cm³/mol. The van der Waals surface area contributed by atoms with Gasteiger partial charge in [0, 0.05) is 28.9 Å². The van der Waals surface area contributed by atoms with Crippen molar-refractivity contribution < 1.29 is 0 Å². The molecule has 7 heteroatoms. The van der Waals surface area contributed by atoms with Crippen molar-refractivity contribution in [2.75, 3.05) is 0 Å². The van der Waals surface area contributed by atoms with Crippen LogP contribution in [0.2, 0.25) is 10.0 Å². The number of aromatic nitrogens is 3. The Bertz CT molecular complexity index is 1110. The van der Waals surface area contributed by atoms with Crippen molar-refractivity contribution in [2.45, 2.75) is 0 Å². The molecule has 24 heavy (non-hydrogen) atoms. The van der Waals surface area contributed by atoms with Crippen LogP contribution in [0.3, 0.4) is 0 Å². The van der Waals surface area contributed by atoms with Crippen molar-refractivity contribution in [3.05, 3.63) is 68.5 Å². The van der Waals surface area contributed by atoms with Crippen molar-refractivity contribution in [3.63, 3.8) is 0 Å². The predicted octanol–water partition coefficient (Wildman–Crippen LogP) is 5.02. The summed E-state index contributed by atoms with van der Waals surface area (Å²) in [6.07, 6.45) is 3.34. The van der Waals surface area contributed by atoms with Crippen LogP contribution in [-0.2, 0) is 0 Å². The Hall–Kier alpha value is -2.21. The van der Waals surface area contributed by atoms with Crippen LogP contribution in [0.4, 0.5) is 0 Å². The Kier molecular flexibility index (Phi) is 3.84. The number of hydrogen-bond donors (Lipinski definition) is 1. The average molecular weight is 374 g/mol. The molecular formula is C17H9Cl2N3OS. The fraction of sp³-hybridized carbons (Fsp3) is 0. The number of pyridine rings is 1. The first-order valence-electron chi connectivity index (χ1n) is 7.01. The number of hydrogen-bond acceptors (Lipinski definition) is 4. The van der Waals surface area contributed by atoms with E-state index in [9.17, 15) is 4.79 Å². The molecule has 0 unspecified atom stereocenters. The second kappa shape index (κ2) is 6.02. The Morgan fingerprint density at radius 2 is 1.96 bits per heavy atom. The lowest BCUT2D eigenvalue weighted by Gasteiger charge is -2.03. The van der Waals surface area contributed by atoms with E-state index in [1.807, 2.05) is 17.5 Å². The largest absolute Gasteiger partial charge is 0.306 e. The number of thiophene rings is 1. The summed E-state index contributed by atoms with van der Waals surface area (Å²) < 4.78 is 0. The highest BCUT2D eigenvalue weighted by Crippen LogP contribution is 2.34. The molecule has 0 aliphatic heterocycles. The summed E-state index contributed by atoms with van der Waals surface area (Å²) in [5, 5.41) is 3.38. The molecule has 0 amide bonds. The van der Waals surface area contributed by atoms with Gasteiger partial charge in [0.05, 0.1) is 15.4 Å². The molecule has 0 atom stereocenters. The number of benzene rings is 1. The summed E-state index contributed by atoms with van der Waals surface area (Å²) >= 11 is 13.5. The van der Waals surface area contributed by atoms with Crippen molar-refractivity contribution in [1.29, 1.82) is 0 Å². The minimum Gasteiger partial charge on any atom is -0.306 e. The molecule has 0 saturated heterocycles. The maximum Gasteiger partial charge on any atom is 0.260 e. The highest BCUT2D eigenvalue weighted by Gasteiger charge is 2.14. The molecule has 0 aliphatic carbocycles. The Morgan fingerprint density at radius 3 is 2.71 bits per heavy atom.